The molecule has 0 bridgehead atoms. The molecule has 3 heteroatoms. The average Bonchev–Trinajstić information content (AvgIpc) is 2.35. The van der Waals surface area contributed by atoms with E-state index in [4.69, 9.17) is 0 Å². The fourth-order valence-corrected chi connectivity index (χ4v) is 1.85. The van der Waals surface area contributed by atoms with Gasteiger partial charge in [0.2, 0.25) is 0 Å². The van der Waals surface area contributed by atoms with E-state index in [0.29, 0.717) is 5.56 Å². The number of benzene rings is 1. The minimum absolute atomic E-state index is 0.233. The van der Waals surface area contributed by atoms with Crippen LogP contribution < -0.4 is 5.32 Å². The van der Waals surface area contributed by atoms with Crippen LogP contribution in [0.5, 0.6) is 0 Å². The largest absolute Gasteiger partial charge is 0.314 e. The van der Waals surface area contributed by atoms with Crippen LogP contribution in [-0.4, -0.2) is 37.6 Å². The first-order chi connectivity index (χ1) is 8.25. The summed E-state index contributed by atoms with van der Waals surface area (Å²) in [5, 5.41) is 3.29. The zero-order valence-electron chi connectivity index (χ0n) is 10.1. The maximum absolute atomic E-state index is 13.4. The van der Waals surface area contributed by atoms with E-state index in [1.165, 1.54) is 6.07 Å². The summed E-state index contributed by atoms with van der Waals surface area (Å²) >= 11 is 0. The van der Waals surface area contributed by atoms with Crippen LogP contribution in [0.25, 0.3) is 0 Å². The Labute approximate surface area is 102 Å². The monoisotopic (exact) mass is 232 g/mol. The molecule has 2 rings (SSSR count). The first-order valence-electron chi connectivity index (χ1n) is 5.94. The van der Waals surface area contributed by atoms with Crippen molar-refractivity contribution in [3.05, 3.63) is 35.1 Å². The Hall–Kier alpha value is -1.37. The van der Waals surface area contributed by atoms with Crippen molar-refractivity contribution in [2.75, 3.05) is 32.7 Å². The van der Waals surface area contributed by atoms with E-state index in [1.807, 2.05) is 6.92 Å². The Morgan fingerprint density at radius 3 is 2.88 bits per heavy atom. The van der Waals surface area contributed by atoms with Crippen LogP contribution in [0.3, 0.4) is 0 Å². The van der Waals surface area contributed by atoms with Crippen LogP contribution in [-0.2, 0) is 0 Å². The SMILES string of the molecule is Cc1ccc(F)c(C#CCN2CCNCC2)c1. The third kappa shape index (κ3) is 3.55. The van der Waals surface area contributed by atoms with Gasteiger partial charge in [-0.3, -0.25) is 4.90 Å². The number of nitrogens with zero attached hydrogens (tertiary/aromatic N) is 1. The molecule has 1 aliphatic heterocycles. The maximum atomic E-state index is 13.4. The number of halogens is 1. The average molecular weight is 232 g/mol. The van der Waals surface area contributed by atoms with Crippen molar-refractivity contribution in [1.82, 2.24) is 10.2 Å². The van der Waals surface area contributed by atoms with Crippen LogP contribution >= 0.6 is 0 Å². The summed E-state index contributed by atoms with van der Waals surface area (Å²) in [6, 6.07) is 5.03. The fraction of sp³-hybridized carbons (Fsp3) is 0.429. The van der Waals surface area contributed by atoms with Crippen molar-refractivity contribution >= 4 is 0 Å². The molecular weight excluding hydrogens is 215 g/mol. The smallest absolute Gasteiger partial charge is 0.138 e. The molecule has 0 saturated carbocycles. The Bertz CT molecular complexity index is 439. The van der Waals surface area contributed by atoms with Gasteiger partial charge in [-0.25, -0.2) is 4.39 Å². The minimum Gasteiger partial charge on any atom is -0.314 e. The topological polar surface area (TPSA) is 15.3 Å². The van der Waals surface area contributed by atoms with Gasteiger partial charge in [0.1, 0.15) is 5.82 Å². The molecule has 1 aromatic rings. The minimum atomic E-state index is -0.233. The molecule has 0 aliphatic carbocycles. The third-order valence-corrected chi connectivity index (χ3v) is 2.86. The summed E-state index contributed by atoms with van der Waals surface area (Å²) in [5.41, 5.74) is 1.54. The van der Waals surface area contributed by atoms with Crippen molar-refractivity contribution in [3.8, 4) is 11.8 Å². The first-order valence-corrected chi connectivity index (χ1v) is 5.94. The molecule has 0 aromatic heterocycles. The summed E-state index contributed by atoms with van der Waals surface area (Å²) in [6.07, 6.45) is 0. The fourth-order valence-electron chi connectivity index (χ4n) is 1.85. The zero-order valence-corrected chi connectivity index (χ0v) is 10.1. The Kier molecular flexibility index (Phi) is 4.13. The first kappa shape index (κ1) is 12.1. The van der Waals surface area contributed by atoms with Gasteiger partial charge in [0, 0.05) is 26.2 Å². The highest BCUT2D eigenvalue weighted by atomic mass is 19.1. The predicted octanol–water partition coefficient (Wildman–Crippen LogP) is 1.39. The molecule has 0 radical (unpaired) electrons. The molecule has 1 saturated heterocycles. The lowest BCUT2D eigenvalue weighted by atomic mass is 10.1. The van der Waals surface area contributed by atoms with Crippen molar-refractivity contribution in [3.63, 3.8) is 0 Å². The van der Waals surface area contributed by atoms with E-state index >= 15 is 0 Å². The maximum Gasteiger partial charge on any atom is 0.138 e. The highest BCUT2D eigenvalue weighted by Gasteiger charge is 2.06. The molecule has 0 spiro atoms. The molecule has 1 N–H and O–H groups in total. The summed E-state index contributed by atoms with van der Waals surface area (Å²) in [4.78, 5) is 2.28. The van der Waals surface area contributed by atoms with E-state index in [9.17, 15) is 4.39 Å². The van der Waals surface area contributed by atoms with Gasteiger partial charge in [-0.05, 0) is 24.6 Å². The van der Waals surface area contributed by atoms with Crippen molar-refractivity contribution < 1.29 is 4.39 Å². The van der Waals surface area contributed by atoms with Crippen LogP contribution in [0.4, 0.5) is 4.39 Å². The second-order valence-corrected chi connectivity index (χ2v) is 4.31. The van der Waals surface area contributed by atoms with Gasteiger partial charge in [-0.15, -0.1) is 0 Å². The zero-order chi connectivity index (χ0) is 12.1. The number of hydrogen-bond acceptors (Lipinski definition) is 2. The van der Waals surface area contributed by atoms with E-state index < -0.39 is 0 Å². The number of aryl methyl sites for hydroxylation is 1. The van der Waals surface area contributed by atoms with E-state index in [-0.39, 0.29) is 5.82 Å². The molecule has 0 atom stereocenters. The molecule has 1 aromatic carbocycles. The summed E-state index contributed by atoms with van der Waals surface area (Å²) in [6.45, 7) is 6.73. The summed E-state index contributed by atoms with van der Waals surface area (Å²) in [7, 11) is 0. The highest BCUT2D eigenvalue weighted by molar-refractivity contribution is 5.38. The lowest BCUT2D eigenvalue weighted by molar-refractivity contribution is 0.268. The van der Waals surface area contributed by atoms with Gasteiger partial charge in [0.25, 0.3) is 0 Å². The molecule has 2 nitrogen and oxygen atoms in total. The summed E-state index contributed by atoms with van der Waals surface area (Å²) < 4.78 is 13.4. The molecule has 0 amide bonds. The highest BCUT2D eigenvalue weighted by Crippen LogP contribution is 2.08. The number of nitrogens with one attached hydrogen (secondary N) is 1. The molecule has 1 aliphatic rings. The third-order valence-electron chi connectivity index (χ3n) is 2.86. The van der Waals surface area contributed by atoms with Gasteiger partial charge >= 0.3 is 0 Å². The molecule has 17 heavy (non-hydrogen) atoms. The van der Waals surface area contributed by atoms with Gasteiger partial charge in [-0.1, -0.05) is 17.9 Å². The number of hydrogen-bond donors (Lipinski definition) is 1. The van der Waals surface area contributed by atoms with Crippen molar-refractivity contribution in [2.24, 2.45) is 0 Å². The van der Waals surface area contributed by atoms with Gasteiger partial charge in [0.05, 0.1) is 12.1 Å². The normalized spacial score (nSPS) is 16.4. The predicted molar refractivity (Wildman–Crippen MR) is 67.3 cm³/mol. The van der Waals surface area contributed by atoms with Crippen LogP contribution in [0.2, 0.25) is 0 Å². The second kappa shape index (κ2) is 5.81. The molecule has 90 valence electrons. The van der Waals surface area contributed by atoms with E-state index in [0.717, 1.165) is 38.3 Å². The summed E-state index contributed by atoms with van der Waals surface area (Å²) in [5.74, 6) is 5.73. The lowest BCUT2D eigenvalue weighted by Gasteiger charge is -2.24. The standard InChI is InChI=1S/C14H17FN2/c1-12-4-5-14(15)13(11-12)3-2-8-17-9-6-16-7-10-17/h4-5,11,16H,6-10H2,1H3. The van der Waals surface area contributed by atoms with Gasteiger partial charge in [-0.2, -0.15) is 0 Å². The van der Waals surface area contributed by atoms with Crippen LogP contribution in [0, 0.1) is 24.6 Å². The number of piperazine rings is 1. The molecule has 1 fully saturated rings. The quantitative estimate of drug-likeness (QED) is 0.736. The van der Waals surface area contributed by atoms with Crippen LogP contribution in [0.1, 0.15) is 11.1 Å². The molecule has 0 unspecified atom stereocenters. The lowest BCUT2D eigenvalue weighted by Crippen LogP contribution is -2.43. The molecule has 1 heterocycles. The Morgan fingerprint density at radius 2 is 2.12 bits per heavy atom. The number of rotatable bonds is 1. The van der Waals surface area contributed by atoms with Crippen LogP contribution in [0.15, 0.2) is 18.2 Å². The van der Waals surface area contributed by atoms with Crippen molar-refractivity contribution in [1.29, 1.82) is 0 Å². The second-order valence-electron chi connectivity index (χ2n) is 4.31. The van der Waals surface area contributed by atoms with Crippen molar-refractivity contribution in [2.45, 2.75) is 6.92 Å². The van der Waals surface area contributed by atoms with E-state index in [1.54, 1.807) is 12.1 Å². The molecular formula is C14H17FN2. The van der Waals surface area contributed by atoms with Gasteiger partial charge in [0.15, 0.2) is 0 Å². The Balaban J connectivity index is 1.98. The van der Waals surface area contributed by atoms with E-state index in [2.05, 4.69) is 22.1 Å². The van der Waals surface area contributed by atoms with Gasteiger partial charge < -0.3 is 5.32 Å². The Morgan fingerprint density at radius 1 is 1.35 bits per heavy atom.